The predicted molar refractivity (Wildman–Crippen MR) is 109 cm³/mol. The van der Waals surface area contributed by atoms with Crippen molar-refractivity contribution in [3.63, 3.8) is 0 Å². The molecule has 25 heavy (non-hydrogen) atoms. The molecule has 7 nitrogen and oxygen atoms in total. The SMILES string of the molecule is CCNC(=NCc1cc(OC)ccc1O)NCCNC(=O)C1CC1.I. The second-order valence-corrected chi connectivity index (χ2v) is 5.68. The molecular weight excluding hydrogens is 435 g/mol. The molecular formula is C17H27IN4O3. The Bertz CT molecular complexity index is 591. The smallest absolute Gasteiger partial charge is 0.223 e. The van der Waals surface area contributed by atoms with Gasteiger partial charge in [-0.25, -0.2) is 4.99 Å². The summed E-state index contributed by atoms with van der Waals surface area (Å²) >= 11 is 0. The van der Waals surface area contributed by atoms with Crippen molar-refractivity contribution in [3.05, 3.63) is 23.8 Å². The summed E-state index contributed by atoms with van der Waals surface area (Å²) in [5.74, 6) is 1.87. The van der Waals surface area contributed by atoms with Gasteiger partial charge in [0.15, 0.2) is 5.96 Å². The van der Waals surface area contributed by atoms with Crippen LogP contribution in [0.25, 0.3) is 0 Å². The van der Waals surface area contributed by atoms with Crippen LogP contribution in [-0.4, -0.2) is 43.7 Å². The highest BCUT2D eigenvalue weighted by Crippen LogP contribution is 2.28. The van der Waals surface area contributed by atoms with Crippen molar-refractivity contribution < 1.29 is 14.6 Å². The molecule has 1 aromatic rings. The number of guanidine groups is 1. The molecule has 0 bridgehead atoms. The van der Waals surface area contributed by atoms with Gasteiger partial charge in [0.2, 0.25) is 5.91 Å². The van der Waals surface area contributed by atoms with Crippen LogP contribution in [0.5, 0.6) is 11.5 Å². The summed E-state index contributed by atoms with van der Waals surface area (Å²) in [4.78, 5) is 16.0. The van der Waals surface area contributed by atoms with Gasteiger partial charge in [-0.2, -0.15) is 0 Å². The third kappa shape index (κ3) is 7.37. The van der Waals surface area contributed by atoms with E-state index in [2.05, 4.69) is 20.9 Å². The monoisotopic (exact) mass is 462 g/mol. The molecule has 0 aliphatic heterocycles. The summed E-state index contributed by atoms with van der Waals surface area (Å²) in [5.41, 5.74) is 0.689. The van der Waals surface area contributed by atoms with Crippen LogP contribution in [0.1, 0.15) is 25.3 Å². The number of carbonyl (C=O) groups excluding carboxylic acids is 1. The van der Waals surface area contributed by atoms with E-state index in [0.717, 1.165) is 19.4 Å². The number of benzene rings is 1. The molecule has 0 radical (unpaired) electrons. The lowest BCUT2D eigenvalue weighted by molar-refractivity contribution is -0.122. The fourth-order valence-corrected chi connectivity index (χ4v) is 2.18. The Hall–Kier alpha value is -1.71. The molecule has 0 atom stereocenters. The molecule has 0 unspecified atom stereocenters. The highest BCUT2D eigenvalue weighted by molar-refractivity contribution is 14.0. The van der Waals surface area contributed by atoms with Crippen LogP contribution in [0.3, 0.4) is 0 Å². The topological polar surface area (TPSA) is 95.0 Å². The summed E-state index contributed by atoms with van der Waals surface area (Å²) in [7, 11) is 1.58. The Labute approximate surface area is 165 Å². The Morgan fingerprint density at radius 3 is 2.64 bits per heavy atom. The maximum Gasteiger partial charge on any atom is 0.223 e. The second-order valence-electron chi connectivity index (χ2n) is 5.68. The molecule has 1 aliphatic rings. The first-order chi connectivity index (χ1) is 11.6. The minimum atomic E-state index is 0. The fraction of sp³-hybridized carbons (Fsp3) is 0.529. The maximum absolute atomic E-state index is 11.6. The summed E-state index contributed by atoms with van der Waals surface area (Å²) in [6.07, 6.45) is 2.01. The zero-order valence-electron chi connectivity index (χ0n) is 14.7. The highest BCUT2D eigenvalue weighted by Gasteiger charge is 2.28. The summed E-state index contributed by atoms with van der Waals surface area (Å²) < 4.78 is 5.16. The number of phenolic OH excluding ortho intramolecular Hbond substituents is 1. The average Bonchev–Trinajstić information content (AvgIpc) is 3.42. The van der Waals surface area contributed by atoms with Crippen molar-refractivity contribution in [1.29, 1.82) is 0 Å². The first-order valence-electron chi connectivity index (χ1n) is 8.29. The van der Waals surface area contributed by atoms with Crippen molar-refractivity contribution in [1.82, 2.24) is 16.0 Å². The fourth-order valence-electron chi connectivity index (χ4n) is 2.18. The number of aliphatic imine (C=N–C) groups is 1. The number of carbonyl (C=O) groups is 1. The van der Waals surface area contributed by atoms with E-state index in [1.54, 1.807) is 25.3 Å². The lowest BCUT2D eigenvalue weighted by Gasteiger charge is -2.12. The summed E-state index contributed by atoms with van der Waals surface area (Å²) in [5, 5.41) is 19.1. The van der Waals surface area contributed by atoms with E-state index in [-0.39, 0.29) is 41.6 Å². The third-order valence-electron chi connectivity index (χ3n) is 3.70. The molecule has 1 aliphatic carbocycles. The van der Waals surface area contributed by atoms with Gasteiger partial charge in [-0.3, -0.25) is 4.79 Å². The predicted octanol–water partition coefficient (Wildman–Crippen LogP) is 1.60. The van der Waals surface area contributed by atoms with Gasteiger partial charge in [-0.15, -0.1) is 24.0 Å². The zero-order chi connectivity index (χ0) is 17.4. The van der Waals surface area contributed by atoms with Crippen molar-refractivity contribution in [3.8, 4) is 11.5 Å². The number of nitrogens with zero attached hydrogens (tertiary/aromatic N) is 1. The van der Waals surface area contributed by atoms with Gasteiger partial charge in [0, 0.05) is 31.1 Å². The molecule has 1 amide bonds. The molecule has 0 heterocycles. The molecule has 1 aromatic carbocycles. The number of nitrogens with one attached hydrogen (secondary N) is 3. The Balaban J connectivity index is 0.00000312. The van der Waals surface area contributed by atoms with Crippen molar-refractivity contribution in [2.45, 2.75) is 26.3 Å². The lowest BCUT2D eigenvalue weighted by Crippen LogP contribution is -2.41. The number of methoxy groups -OCH3 is 1. The van der Waals surface area contributed by atoms with Crippen LogP contribution in [-0.2, 0) is 11.3 Å². The minimum absolute atomic E-state index is 0. The summed E-state index contributed by atoms with van der Waals surface area (Å²) in [6.45, 7) is 4.19. The van der Waals surface area contributed by atoms with E-state index < -0.39 is 0 Å². The normalized spacial score (nSPS) is 13.6. The molecule has 1 fully saturated rings. The van der Waals surface area contributed by atoms with E-state index in [0.29, 0.717) is 36.9 Å². The second kappa shape index (κ2) is 11.0. The van der Waals surface area contributed by atoms with Crippen LogP contribution in [0.15, 0.2) is 23.2 Å². The van der Waals surface area contributed by atoms with Gasteiger partial charge >= 0.3 is 0 Å². The van der Waals surface area contributed by atoms with Gasteiger partial charge in [0.1, 0.15) is 11.5 Å². The van der Waals surface area contributed by atoms with Crippen LogP contribution in [0, 0.1) is 5.92 Å². The minimum Gasteiger partial charge on any atom is -0.508 e. The number of amides is 1. The number of halogens is 1. The molecule has 140 valence electrons. The Morgan fingerprint density at radius 2 is 2.00 bits per heavy atom. The van der Waals surface area contributed by atoms with Gasteiger partial charge in [0.05, 0.1) is 13.7 Å². The molecule has 0 spiro atoms. The Morgan fingerprint density at radius 1 is 1.28 bits per heavy atom. The van der Waals surface area contributed by atoms with Gasteiger partial charge in [0.25, 0.3) is 0 Å². The molecule has 0 aromatic heterocycles. The van der Waals surface area contributed by atoms with Crippen LogP contribution in [0.2, 0.25) is 0 Å². The van der Waals surface area contributed by atoms with E-state index in [1.165, 1.54) is 0 Å². The lowest BCUT2D eigenvalue weighted by atomic mass is 10.2. The number of ether oxygens (including phenoxy) is 1. The quantitative estimate of drug-likeness (QED) is 0.204. The van der Waals surface area contributed by atoms with Crippen LogP contribution < -0.4 is 20.7 Å². The van der Waals surface area contributed by atoms with Crippen molar-refractivity contribution >= 4 is 35.8 Å². The molecule has 2 rings (SSSR count). The van der Waals surface area contributed by atoms with E-state index in [4.69, 9.17) is 4.74 Å². The molecule has 0 saturated heterocycles. The number of rotatable bonds is 8. The van der Waals surface area contributed by atoms with E-state index >= 15 is 0 Å². The van der Waals surface area contributed by atoms with E-state index in [1.807, 2.05) is 6.92 Å². The van der Waals surface area contributed by atoms with Crippen LogP contribution >= 0.6 is 24.0 Å². The molecule has 8 heteroatoms. The number of aromatic hydroxyl groups is 1. The summed E-state index contributed by atoms with van der Waals surface area (Å²) in [6, 6.07) is 5.06. The maximum atomic E-state index is 11.6. The molecule has 1 saturated carbocycles. The Kier molecular flexibility index (Phi) is 9.40. The van der Waals surface area contributed by atoms with Crippen LogP contribution in [0.4, 0.5) is 0 Å². The standard InChI is InChI=1S/C17H26N4O3.HI/c1-3-18-17(20-9-8-19-16(23)12-4-5-12)21-11-13-10-14(24-2)6-7-15(13)22;/h6-7,10,12,22H,3-5,8-9,11H2,1-2H3,(H,19,23)(H2,18,20,21);1H. The highest BCUT2D eigenvalue weighted by atomic mass is 127. The van der Waals surface area contributed by atoms with Crippen molar-refractivity contribution in [2.24, 2.45) is 10.9 Å². The number of phenols is 1. The van der Waals surface area contributed by atoms with Gasteiger partial charge < -0.3 is 25.8 Å². The third-order valence-corrected chi connectivity index (χ3v) is 3.70. The van der Waals surface area contributed by atoms with Gasteiger partial charge in [-0.1, -0.05) is 0 Å². The zero-order valence-corrected chi connectivity index (χ0v) is 17.0. The molecule has 4 N–H and O–H groups in total. The largest absolute Gasteiger partial charge is 0.508 e. The van der Waals surface area contributed by atoms with Crippen molar-refractivity contribution in [2.75, 3.05) is 26.7 Å². The number of hydrogen-bond donors (Lipinski definition) is 4. The van der Waals surface area contributed by atoms with Gasteiger partial charge in [-0.05, 0) is 38.0 Å². The first kappa shape index (κ1) is 21.3. The first-order valence-corrected chi connectivity index (χ1v) is 8.29. The number of hydrogen-bond acceptors (Lipinski definition) is 4. The average molecular weight is 462 g/mol. The van der Waals surface area contributed by atoms with E-state index in [9.17, 15) is 9.90 Å².